The third-order valence-electron chi connectivity index (χ3n) is 4.02. The molecule has 3 rings (SSSR count). The van der Waals surface area contributed by atoms with Crippen molar-refractivity contribution in [3.8, 4) is 10.7 Å². The highest BCUT2D eigenvalue weighted by Gasteiger charge is 2.19. The number of aromatic nitrogens is 2. The number of amides is 1. The smallest absolute Gasteiger partial charge is 0.265 e. The maximum absolute atomic E-state index is 12.7. The van der Waals surface area contributed by atoms with Crippen LogP contribution in [0.5, 0.6) is 0 Å². The Labute approximate surface area is 152 Å². The summed E-state index contributed by atoms with van der Waals surface area (Å²) in [6.07, 6.45) is 3.65. The zero-order valence-electron chi connectivity index (χ0n) is 14.5. The number of thiazole rings is 1. The molecule has 0 bridgehead atoms. The minimum absolute atomic E-state index is 0.0326. The highest BCUT2D eigenvalue weighted by atomic mass is 32.1. The summed E-state index contributed by atoms with van der Waals surface area (Å²) in [6, 6.07) is 16.1. The van der Waals surface area contributed by atoms with Gasteiger partial charge in [-0.1, -0.05) is 36.4 Å². The standard InChI is InChI=1S/C20H21N3OS/c1-15-18(25-19(22-15)17-12-6-7-13-21-17)20(24)23(2)14-8-11-16-9-4-3-5-10-16/h3-7,9-10,12-13H,8,11,14H2,1-2H3. The zero-order valence-corrected chi connectivity index (χ0v) is 15.3. The van der Waals surface area contributed by atoms with Gasteiger partial charge >= 0.3 is 0 Å². The fourth-order valence-electron chi connectivity index (χ4n) is 2.63. The molecule has 0 aliphatic carbocycles. The van der Waals surface area contributed by atoms with E-state index in [0.29, 0.717) is 4.88 Å². The van der Waals surface area contributed by atoms with Gasteiger partial charge in [-0.3, -0.25) is 9.78 Å². The Morgan fingerprint density at radius 1 is 1.12 bits per heavy atom. The Morgan fingerprint density at radius 3 is 2.60 bits per heavy atom. The molecule has 2 heterocycles. The molecule has 1 aromatic carbocycles. The van der Waals surface area contributed by atoms with E-state index in [1.807, 2.05) is 50.4 Å². The second-order valence-corrected chi connectivity index (χ2v) is 6.96. The van der Waals surface area contributed by atoms with E-state index >= 15 is 0 Å². The maximum atomic E-state index is 12.7. The molecule has 0 aliphatic heterocycles. The van der Waals surface area contributed by atoms with Crippen LogP contribution < -0.4 is 0 Å². The second-order valence-electron chi connectivity index (χ2n) is 5.96. The highest BCUT2D eigenvalue weighted by Crippen LogP contribution is 2.27. The first-order valence-electron chi connectivity index (χ1n) is 8.33. The van der Waals surface area contributed by atoms with Gasteiger partial charge in [-0.05, 0) is 37.5 Å². The molecular formula is C20H21N3OS. The van der Waals surface area contributed by atoms with Crippen molar-refractivity contribution >= 4 is 17.2 Å². The molecule has 128 valence electrons. The molecule has 0 spiro atoms. The van der Waals surface area contributed by atoms with Gasteiger partial charge in [-0.2, -0.15) is 0 Å². The van der Waals surface area contributed by atoms with Gasteiger partial charge in [0.25, 0.3) is 5.91 Å². The zero-order chi connectivity index (χ0) is 17.6. The van der Waals surface area contributed by atoms with Crippen LogP contribution in [0.15, 0.2) is 54.7 Å². The molecule has 0 N–H and O–H groups in total. The number of hydrogen-bond acceptors (Lipinski definition) is 4. The summed E-state index contributed by atoms with van der Waals surface area (Å²) in [7, 11) is 1.85. The van der Waals surface area contributed by atoms with Crippen LogP contribution >= 0.6 is 11.3 Å². The Bertz CT molecular complexity index is 831. The summed E-state index contributed by atoms with van der Waals surface area (Å²) in [5.41, 5.74) is 2.88. The Balaban J connectivity index is 1.63. The number of pyridine rings is 1. The van der Waals surface area contributed by atoms with Gasteiger partial charge in [-0.15, -0.1) is 11.3 Å². The lowest BCUT2D eigenvalue weighted by Gasteiger charge is -2.16. The van der Waals surface area contributed by atoms with Crippen molar-refractivity contribution in [3.63, 3.8) is 0 Å². The molecule has 0 unspecified atom stereocenters. The fourth-order valence-corrected chi connectivity index (χ4v) is 3.67. The van der Waals surface area contributed by atoms with E-state index in [-0.39, 0.29) is 5.91 Å². The predicted octanol–water partition coefficient (Wildman–Crippen LogP) is 4.22. The van der Waals surface area contributed by atoms with Crippen LogP contribution in [0.3, 0.4) is 0 Å². The number of rotatable bonds is 6. The van der Waals surface area contributed by atoms with E-state index in [2.05, 4.69) is 22.1 Å². The monoisotopic (exact) mass is 351 g/mol. The lowest BCUT2D eigenvalue weighted by molar-refractivity contribution is 0.0797. The molecule has 0 saturated carbocycles. The van der Waals surface area contributed by atoms with Crippen LogP contribution in [0, 0.1) is 6.92 Å². The third kappa shape index (κ3) is 4.31. The minimum atomic E-state index is 0.0326. The molecule has 0 aliphatic rings. The second kappa shape index (κ2) is 8.03. The van der Waals surface area contributed by atoms with Crippen LogP contribution in [-0.4, -0.2) is 34.4 Å². The molecule has 2 aromatic heterocycles. The lowest BCUT2D eigenvalue weighted by Crippen LogP contribution is -2.27. The van der Waals surface area contributed by atoms with Gasteiger partial charge in [0.15, 0.2) is 0 Å². The molecule has 0 saturated heterocycles. The average molecular weight is 351 g/mol. The summed E-state index contributed by atoms with van der Waals surface area (Å²) < 4.78 is 0. The van der Waals surface area contributed by atoms with Gasteiger partial charge in [0.05, 0.1) is 11.4 Å². The normalized spacial score (nSPS) is 10.6. The van der Waals surface area contributed by atoms with Gasteiger partial charge in [0.1, 0.15) is 9.88 Å². The SMILES string of the molecule is Cc1nc(-c2ccccn2)sc1C(=O)N(C)CCCc1ccccc1. The van der Waals surface area contributed by atoms with Crippen molar-refractivity contribution in [2.24, 2.45) is 0 Å². The van der Waals surface area contributed by atoms with Crippen LogP contribution in [0.2, 0.25) is 0 Å². The Kier molecular flexibility index (Phi) is 5.56. The van der Waals surface area contributed by atoms with Crippen LogP contribution in [0.1, 0.15) is 27.3 Å². The fraction of sp³-hybridized carbons (Fsp3) is 0.250. The van der Waals surface area contributed by atoms with Gasteiger partial charge in [-0.25, -0.2) is 4.98 Å². The highest BCUT2D eigenvalue weighted by molar-refractivity contribution is 7.17. The molecule has 5 heteroatoms. The number of carbonyl (C=O) groups excluding carboxylic acids is 1. The van der Waals surface area contributed by atoms with E-state index < -0.39 is 0 Å². The lowest BCUT2D eigenvalue weighted by atomic mass is 10.1. The summed E-state index contributed by atoms with van der Waals surface area (Å²) in [6.45, 7) is 2.61. The van der Waals surface area contributed by atoms with Crippen LogP contribution in [-0.2, 0) is 6.42 Å². The number of hydrogen-bond donors (Lipinski definition) is 0. The summed E-state index contributed by atoms with van der Waals surface area (Å²) in [5.74, 6) is 0.0326. The van der Waals surface area contributed by atoms with E-state index in [0.717, 1.165) is 35.8 Å². The van der Waals surface area contributed by atoms with Gasteiger partial charge in [0, 0.05) is 19.8 Å². The van der Waals surface area contributed by atoms with Crippen LogP contribution in [0.4, 0.5) is 0 Å². The number of aryl methyl sites for hydroxylation is 2. The van der Waals surface area contributed by atoms with Crippen molar-refractivity contribution < 1.29 is 4.79 Å². The topological polar surface area (TPSA) is 46.1 Å². The van der Waals surface area contributed by atoms with Gasteiger partial charge in [0.2, 0.25) is 0 Å². The quantitative estimate of drug-likeness (QED) is 0.668. The number of carbonyl (C=O) groups is 1. The van der Waals surface area contributed by atoms with E-state index in [4.69, 9.17) is 0 Å². The molecule has 1 amide bonds. The number of nitrogens with zero attached hydrogens (tertiary/aromatic N) is 3. The van der Waals surface area contributed by atoms with E-state index in [1.54, 1.807) is 11.1 Å². The maximum Gasteiger partial charge on any atom is 0.265 e. The minimum Gasteiger partial charge on any atom is -0.341 e. The molecule has 25 heavy (non-hydrogen) atoms. The van der Waals surface area contributed by atoms with Crippen molar-refractivity contribution in [1.82, 2.24) is 14.9 Å². The summed E-state index contributed by atoms with van der Waals surface area (Å²) in [4.78, 5) is 24.0. The molecule has 3 aromatic rings. The first-order valence-corrected chi connectivity index (χ1v) is 9.15. The van der Waals surface area contributed by atoms with Crippen molar-refractivity contribution in [1.29, 1.82) is 0 Å². The van der Waals surface area contributed by atoms with E-state index in [1.165, 1.54) is 16.9 Å². The van der Waals surface area contributed by atoms with Crippen molar-refractivity contribution in [2.75, 3.05) is 13.6 Å². The predicted molar refractivity (Wildman–Crippen MR) is 102 cm³/mol. The third-order valence-corrected chi connectivity index (χ3v) is 5.19. The summed E-state index contributed by atoms with van der Waals surface area (Å²) >= 11 is 1.41. The number of benzene rings is 1. The molecule has 0 fully saturated rings. The van der Waals surface area contributed by atoms with Crippen LogP contribution in [0.25, 0.3) is 10.7 Å². The van der Waals surface area contributed by atoms with E-state index in [9.17, 15) is 4.79 Å². The van der Waals surface area contributed by atoms with Gasteiger partial charge < -0.3 is 4.90 Å². The van der Waals surface area contributed by atoms with Crippen molar-refractivity contribution in [3.05, 3.63) is 70.9 Å². The Morgan fingerprint density at radius 2 is 1.88 bits per heavy atom. The molecule has 0 radical (unpaired) electrons. The van der Waals surface area contributed by atoms with Crippen molar-refractivity contribution in [2.45, 2.75) is 19.8 Å². The average Bonchev–Trinajstić information content (AvgIpc) is 3.04. The first kappa shape index (κ1) is 17.3. The molecule has 4 nitrogen and oxygen atoms in total. The largest absolute Gasteiger partial charge is 0.341 e. The molecule has 0 atom stereocenters. The first-order chi connectivity index (χ1) is 12.1. The Hall–Kier alpha value is -2.53. The summed E-state index contributed by atoms with van der Waals surface area (Å²) in [5, 5.41) is 0.791. The molecular weight excluding hydrogens is 330 g/mol.